The van der Waals surface area contributed by atoms with Crippen LogP contribution in [-0.2, 0) is 11.2 Å². The number of carbonyl (C=O) groups excluding carboxylic acids is 1. The van der Waals surface area contributed by atoms with Gasteiger partial charge in [-0.1, -0.05) is 20.8 Å². The molecule has 2 rings (SSSR count). The second kappa shape index (κ2) is 5.33. The standard InChI is InChI=1S/C14H24N4O/c1-14(2,3)8-11-7-12(18-17-11)16-13(19)9-4-5-10(15)6-9/h7,9-10H,4-6,8,15H2,1-3H3,(H2,16,17,18,19). The molecule has 1 aliphatic rings. The molecule has 0 radical (unpaired) electrons. The van der Waals surface area contributed by atoms with E-state index in [4.69, 9.17) is 5.73 Å². The molecule has 0 saturated heterocycles. The van der Waals surface area contributed by atoms with Crippen LogP contribution in [0.3, 0.4) is 0 Å². The zero-order valence-electron chi connectivity index (χ0n) is 12.0. The average Bonchev–Trinajstić information content (AvgIpc) is 2.85. The molecular weight excluding hydrogens is 240 g/mol. The van der Waals surface area contributed by atoms with Gasteiger partial charge in [0.15, 0.2) is 5.82 Å². The van der Waals surface area contributed by atoms with Crippen molar-refractivity contribution in [1.82, 2.24) is 10.2 Å². The monoisotopic (exact) mass is 264 g/mol. The molecule has 1 fully saturated rings. The zero-order valence-corrected chi connectivity index (χ0v) is 12.0. The lowest BCUT2D eigenvalue weighted by Crippen LogP contribution is -2.23. The van der Waals surface area contributed by atoms with Crippen LogP contribution >= 0.6 is 0 Å². The molecule has 106 valence electrons. The fourth-order valence-corrected chi connectivity index (χ4v) is 2.57. The second-order valence-corrected chi connectivity index (χ2v) is 6.78. The quantitative estimate of drug-likeness (QED) is 0.781. The van der Waals surface area contributed by atoms with Crippen LogP contribution in [0, 0.1) is 11.3 Å². The fourth-order valence-electron chi connectivity index (χ4n) is 2.57. The lowest BCUT2D eigenvalue weighted by molar-refractivity contribution is -0.119. The van der Waals surface area contributed by atoms with Gasteiger partial charge < -0.3 is 11.1 Å². The second-order valence-electron chi connectivity index (χ2n) is 6.78. The number of hydrogen-bond donors (Lipinski definition) is 3. The van der Waals surface area contributed by atoms with Crippen LogP contribution < -0.4 is 11.1 Å². The molecule has 1 saturated carbocycles. The number of nitrogens with two attached hydrogens (primary N) is 1. The van der Waals surface area contributed by atoms with Crippen molar-refractivity contribution >= 4 is 11.7 Å². The van der Waals surface area contributed by atoms with Gasteiger partial charge in [0.25, 0.3) is 0 Å². The van der Waals surface area contributed by atoms with Crippen molar-refractivity contribution in [3.8, 4) is 0 Å². The number of H-pyrrole nitrogens is 1. The van der Waals surface area contributed by atoms with Crippen LogP contribution in [0.4, 0.5) is 5.82 Å². The van der Waals surface area contributed by atoms with Crippen molar-refractivity contribution in [3.63, 3.8) is 0 Å². The third kappa shape index (κ3) is 4.06. The van der Waals surface area contributed by atoms with E-state index in [1.165, 1.54) is 0 Å². The minimum Gasteiger partial charge on any atom is -0.328 e. The molecule has 5 nitrogen and oxygen atoms in total. The van der Waals surface area contributed by atoms with Gasteiger partial charge in [-0.3, -0.25) is 9.89 Å². The number of anilines is 1. The van der Waals surface area contributed by atoms with Gasteiger partial charge in [-0.05, 0) is 31.1 Å². The van der Waals surface area contributed by atoms with Crippen LogP contribution in [0.25, 0.3) is 0 Å². The van der Waals surface area contributed by atoms with Crippen molar-refractivity contribution in [1.29, 1.82) is 0 Å². The number of nitrogens with one attached hydrogen (secondary N) is 2. The topological polar surface area (TPSA) is 83.8 Å². The maximum atomic E-state index is 12.0. The van der Waals surface area contributed by atoms with Crippen molar-refractivity contribution in [3.05, 3.63) is 11.8 Å². The summed E-state index contributed by atoms with van der Waals surface area (Å²) in [7, 11) is 0. The molecule has 5 heteroatoms. The number of rotatable bonds is 3. The van der Waals surface area contributed by atoms with E-state index in [-0.39, 0.29) is 23.3 Å². The van der Waals surface area contributed by atoms with Gasteiger partial charge in [-0.2, -0.15) is 5.10 Å². The minimum atomic E-state index is 0.0396. The van der Waals surface area contributed by atoms with Crippen LogP contribution in [0.1, 0.15) is 45.7 Å². The average molecular weight is 264 g/mol. The molecule has 2 atom stereocenters. The summed E-state index contributed by atoms with van der Waals surface area (Å²) in [4.78, 5) is 12.0. The van der Waals surface area contributed by atoms with E-state index in [2.05, 4.69) is 36.3 Å². The first-order chi connectivity index (χ1) is 8.83. The molecule has 1 heterocycles. The Balaban J connectivity index is 1.91. The van der Waals surface area contributed by atoms with Crippen LogP contribution in [0.2, 0.25) is 0 Å². The third-order valence-corrected chi connectivity index (χ3v) is 3.45. The first-order valence-electron chi connectivity index (χ1n) is 6.94. The van der Waals surface area contributed by atoms with E-state index in [1.54, 1.807) is 0 Å². The molecule has 0 aromatic carbocycles. The van der Waals surface area contributed by atoms with Gasteiger partial charge in [0, 0.05) is 23.7 Å². The number of nitrogens with zero attached hydrogens (tertiary/aromatic N) is 1. The van der Waals surface area contributed by atoms with Gasteiger partial charge in [-0.25, -0.2) is 0 Å². The summed E-state index contributed by atoms with van der Waals surface area (Å²) in [5, 5.41) is 9.99. The predicted molar refractivity (Wildman–Crippen MR) is 75.7 cm³/mol. The summed E-state index contributed by atoms with van der Waals surface area (Å²) >= 11 is 0. The van der Waals surface area contributed by atoms with Crippen LogP contribution in [0.5, 0.6) is 0 Å². The number of carbonyl (C=O) groups is 1. The first-order valence-corrected chi connectivity index (χ1v) is 6.94. The van der Waals surface area contributed by atoms with E-state index in [0.29, 0.717) is 5.82 Å². The maximum absolute atomic E-state index is 12.0. The van der Waals surface area contributed by atoms with E-state index in [9.17, 15) is 4.79 Å². The minimum absolute atomic E-state index is 0.0396. The lowest BCUT2D eigenvalue weighted by Gasteiger charge is -2.15. The Morgan fingerprint density at radius 1 is 1.53 bits per heavy atom. The maximum Gasteiger partial charge on any atom is 0.228 e. The Kier molecular flexibility index (Phi) is 3.94. The van der Waals surface area contributed by atoms with E-state index in [1.807, 2.05) is 6.07 Å². The summed E-state index contributed by atoms with van der Waals surface area (Å²) in [6.45, 7) is 6.52. The van der Waals surface area contributed by atoms with E-state index >= 15 is 0 Å². The Labute approximate surface area is 114 Å². The van der Waals surface area contributed by atoms with E-state index in [0.717, 1.165) is 31.4 Å². The van der Waals surface area contributed by atoms with Crippen molar-refractivity contribution in [2.75, 3.05) is 5.32 Å². The molecule has 1 aliphatic carbocycles. The zero-order chi connectivity index (χ0) is 14.0. The number of amides is 1. The molecule has 19 heavy (non-hydrogen) atoms. The molecule has 0 bridgehead atoms. The normalized spacial score (nSPS) is 23.6. The summed E-state index contributed by atoms with van der Waals surface area (Å²) in [6.07, 6.45) is 3.51. The summed E-state index contributed by atoms with van der Waals surface area (Å²) in [6, 6.07) is 2.09. The third-order valence-electron chi connectivity index (χ3n) is 3.45. The number of aromatic amines is 1. The molecule has 1 amide bonds. The Bertz CT molecular complexity index is 447. The van der Waals surface area contributed by atoms with Gasteiger partial charge in [-0.15, -0.1) is 0 Å². The van der Waals surface area contributed by atoms with Crippen LogP contribution in [-0.4, -0.2) is 22.1 Å². The highest BCUT2D eigenvalue weighted by Gasteiger charge is 2.28. The molecule has 0 spiro atoms. The SMILES string of the molecule is CC(C)(C)Cc1cc(NC(=O)C2CCC(N)C2)n[nH]1. The predicted octanol–water partition coefficient (Wildman–Crippen LogP) is 2.06. The molecular formula is C14H24N4O. The highest BCUT2D eigenvalue weighted by molar-refractivity contribution is 5.91. The highest BCUT2D eigenvalue weighted by Crippen LogP contribution is 2.26. The van der Waals surface area contributed by atoms with E-state index < -0.39 is 0 Å². The van der Waals surface area contributed by atoms with Gasteiger partial charge in [0.05, 0.1) is 0 Å². The smallest absolute Gasteiger partial charge is 0.228 e. The van der Waals surface area contributed by atoms with Gasteiger partial charge >= 0.3 is 0 Å². The summed E-state index contributed by atoms with van der Waals surface area (Å²) in [5.41, 5.74) is 7.08. The molecule has 1 aromatic rings. The molecule has 1 aromatic heterocycles. The molecule has 2 unspecified atom stereocenters. The number of aromatic nitrogens is 2. The van der Waals surface area contributed by atoms with Crippen molar-refractivity contribution < 1.29 is 4.79 Å². The van der Waals surface area contributed by atoms with Crippen molar-refractivity contribution in [2.45, 2.75) is 52.5 Å². The summed E-state index contributed by atoms with van der Waals surface area (Å²) in [5.74, 6) is 0.698. The largest absolute Gasteiger partial charge is 0.328 e. The number of hydrogen-bond acceptors (Lipinski definition) is 3. The molecule has 4 N–H and O–H groups in total. The first kappa shape index (κ1) is 14.1. The fraction of sp³-hybridized carbons (Fsp3) is 0.714. The lowest BCUT2D eigenvalue weighted by atomic mass is 9.91. The summed E-state index contributed by atoms with van der Waals surface area (Å²) < 4.78 is 0. The van der Waals surface area contributed by atoms with Gasteiger partial charge in [0.1, 0.15) is 0 Å². The van der Waals surface area contributed by atoms with Gasteiger partial charge in [0.2, 0.25) is 5.91 Å². The van der Waals surface area contributed by atoms with Crippen molar-refractivity contribution in [2.24, 2.45) is 17.1 Å². The Morgan fingerprint density at radius 2 is 2.26 bits per heavy atom. The van der Waals surface area contributed by atoms with Crippen LogP contribution in [0.15, 0.2) is 6.07 Å². The molecule has 0 aliphatic heterocycles. The Morgan fingerprint density at radius 3 is 2.84 bits per heavy atom. The highest BCUT2D eigenvalue weighted by atomic mass is 16.2. The Hall–Kier alpha value is -1.36.